The van der Waals surface area contributed by atoms with E-state index in [1.807, 2.05) is 54.6 Å². The number of amides is 1. The highest BCUT2D eigenvalue weighted by Gasteiger charge is 2.19. The molecule has 3 aromatic carbocycles. The van der Waals surface area contributed by atoms with E-state index in [0.29, 0.717) is 22.2 Å². The molecule has 0 saturated carbocycles. The minimum atomic E-state index is -0.223. The van der Waals surface area contributed by atoms with Gasteiger partial charge in [-0.1, -0.05) is 23.7 Å². The second kappa shape index (κ2) is 12.2. The van der Waals surface area contributed by atoms with Gasteiger partial charge < -0.3 is 20.1 Å². The highest BCUT2D eigenvalue weighted by Crippen LogP contribution is 2.38. The standard InChI is InChI=1S/C30H28ClN3O3.ClH/c1-36-27-14-12-22(18-28(27)37-2)33-30-23-8-3-4-9-25(23)34-26-13-11-21(17-24(26)30)32-29(35)15-10-19-6-5-7-20(31)16-19;/h5-7,10-18H,3-4,8-9H2,1-2H3,(H,32,35)(H,33,34);1H. The summed E-state index contributed by atoms with van der Waals surface area (Å²) in [6.45, 7) is 0. The van der Waals surface area contributed by atoms with Gasteiger partial charge in [0.15, 0.2) is 11.5 Å². The van der Waals surface area contributed by atoms with Crippen molar-refractivity contribution in [2.24, 2.45) is 0 Å². The number of ether oxygens (including phenoxy) is 2. The number of hydrogen-bond acceptors (Lipinski definition) is 5. The van der Waals surface area contributed by atoms with Crippen molar-refractivity contribution < 1.29 is 14.3 Å². The Hall–Kier alpha value is -3.74. The van der Waals surface area contributed by atoms with Crippen molar-refractivity contribution in [2.75, 3.05) is 24.9 Å². The van der Waals surface area contributed by atoms with Crippen molar-refractivity contribution in [1.29, 1.82) is 0 Å². The first-order valence-electron chi connectivity index (χ1n) is 12.2. The molecule has 0 aliphatic heterocycles. The number of carbonyl (C=O) groups is 1. The van der Waals surface area contributed by atoms with Crippen LogP contribution in [0.25, 0.3) is 17.0 Å². The SMILES string of the molecule is COc1ccc(Nc2c3c(nc4ccc(NC(=O)C=Cc5cccc(Cl)c5)cc24)CCCC3)cc1OC.Cl. The van der Waals surface area contributed by atoms with Crippen molar-refractivity contribution in [1.82, 2.24) is 4.98 Å². The molecule has 8 heteroatoms. The Labute approximate surface area is 233 Å². The van der Waals surface area contributed by atoms with Crippen LogP contribution in [-0.2, 0) is 17.6 Å². The third-order valence-electron chi connectivity index (χ3n) is 6.46. The number of aromatic nitrogens is 1. The van der Waals surface area contributed by atoms with Gasteiger partial charge in [0, 0.05) is 39.6 Å². The lowest BCUT2D eigenvalue weighted by Crippen LogP contribution is -2.11. The lowest BCUT2D eigenvalue weighted by atomic mass is 9.92. The van der Waals surface area contributed by atoms with Crippen molar-refractivity contribution in [3.8, 4) is 11.5 Å². The van der Waals surface area contributed by atoms with Crippen LogP contribution in [0.2, 0.25) is 5.02 Å². The van der Waals surface area contributed by atoms with Crippen LogP contribution in [0.4, 0.5) is 17.1 Å². The van der Waals surface area contributed by atoms with Gasteiger partial charge in [-0.3, -0.25) is 9.78 Å². The molecule has 5 rings (SSSR count). The molecule has 0 spiro atoms. The van der Waals surface area contributed by atoms with Crippen molar-refractivity contribution in [3.05, 3.63) is 88.6 Å². The first kappa shape index (κ1) is 27.3. The van der Waals surface area contributed by atoms with E-state index in [1.54, 1.807) is 26.4 Å². The Morgan fingerprint density at radius 1 is 0.947 bits per heavy atom. The third kappa shape index (κ3) is 6.04. The molecule has 1 amide bonds. The molecule has 1 aliphatic carbocycles. The average Bonchev–Trinajstić information content (AvgIpc) is 2.92. The largest absolute Gasteiger partial charge is 0.493 e. The zero-order valence-corrected chi connectivity index (χ0v) is 22.8. The van der Waals surface area contributed by atoms with Crippen LogP contribution in [0.15, 0.2) is 66.7 Å². The van der Waals surface area contributed by atoms with E-state index in [-0.39, 0.29) is 18.3 Å². The van der Waals surface area contributed by atoms with Gasteiger partial charge in [0.2, 0.25) is 5.91 Å². The molecule has 1 aromatic heterocycles. The summed E-state index contributed by atoms with van der Waals surface area (Å²) in [6, 6.07) is 18.9. The summed E-state index contributed by atoms with van der Waals surface area (Å²) in [7, 11) is 3.25. The number of rotatable bonds is 7. The van der Waals surface area contributed by atoms with Crippen LogP contribution in [0.3, 0.4) is 0 Å². The lowest BCUT2D eigenvalue weighted by molar-refractivity contribution is -0.111. The number of benzene rings is 3. The summed E-state index contributed by atoms with van der Waals surface area (Å²) in [5.41, 5.74) is 6.69. The molecule has 0 saturated heterocycles. The normalized spacial score (nSPS) is 12.5. The van der Waals surface area contributed by atoms with E-state index in [2.05, 4.69) is 10.6 Å². The maximum atomic E-state index is 12.7. The number of nitrogens with one attached hydrogen (secondary N) is 2. The number of nitrogens with zero attached hydrogens (tertiary/aromatic N) is 1. The van der Waals surface area contributed by atoms with Crippen LogP contribution in [0, 0.1) is 0 Å². The van der Waals surface area contributed by atoms with E-state index in [1.165, 1.54) is 11.6 Å². The van der Waals surface area contributed by atoms with Gasteiger partial charge in [-0.25, -0.2) is 0 Å². The van der Waals surface area contributed by atoms with Crippen LogP contribution in [-0.4, -0.2) is 25.1 Å². The molecule has 2 N–H and O–H groups in total. The Kier molecular flexibility index (Phi) is 8.77. The van der Waals surface area contributed by atoms with E-state index in [0.717, 1.165) is 59.2 Å². The fourth-order valence-corrected chi connectivity index (χ4v) is 4.87. The summed E-state index contributed by atoms with van der Waals surface area (Å²) < 4.78 is 10.9. The second-order valence-corrected chi connectivity index (χ2v) is 9.36. The number of aryl methyl sites for hydroxylation is 1. The van der Waals surface area contributed by atoms with Crippen LogP contribution in [0.1, 0.15) is 29.7 Å². The summed E-state index contributed by atoms with van der Waals surface area (Å²) in [5.74, 6) is 1.10. The molecular weight excluding hydrogens is 521 g/mol. The molecule has 0 bridgehead atoms. The maximum Gasteiger partial charge on any atom is 0.248 e. The number of halogens is 2. The quantitative estimate of drug-likeness (QED) is 0.232. The second-order valence-electron chi connectivity index (χ2n) is 8.92. The number of anilines is 3. The fourth-order valence-electron chi connectivity index (χ4n) is 4.67. The molecule has 38 heavy (non-hydrogen) atoms. The van der Waals surface area contributed by atoms with Gasteiger partial charge in [0.05, 0.1) is 25.4 Å². The maximum absolute atomic E-state index is 12.7. The molecule has 196 valence electrons. The minimum Gasteiger partial charge on any atom is -0.493 e. The first-order valence-corrected chi connectivity index (χ1v) is 12.6. The van der Waals surface area contributed by atoms with E-state index < -0.39 is 0 Å². The molecule has 1 aliphatic rings. The predicted octanol–water partition coefficient (Wildman–Crippen LogP) is 7.60. The lowest BCUT2D eigenvalue weighted by Gasteiger charge is -2.22. The van der Waals surface area contributed by atoms with Gasteiger partial charge in [0.25, 0.3) is 0 Å². The fraction of sp³-hybridized carbons (Fsp3) is 0.200. The van der Waals surface area contributed by atoms with E-state index >= 15 is 0 Å². The summed E-state index contributed by atoms with van der Waals surface area (Å²) >= 11 is 6.04. The smallest absolute Gasteiger partial charge is 0.248 e. The van der Waals surface area contributed by atoms with Crippen molar-refractivity contribution in [2.45, 2.75) is 25.7 Å². The molecular formula is C30H29Cl2N3O3. The number of hydrogen-bond donors (Lipinski definition) is 2. The van der Waals surface area contributed by atoms with Gasteiger partial charge in [0.1, 0.15) is 0 Å². The highest BCUT2D eigenvalue weighted by atomic mass is 35.5. The number of fused-ring (bicyclic) bond motifs is 2. The van der Waals surface area contributed by atoms with Crippen molar-refractivity contribution >= 4 is 64.0 Å². The van der Waals surface area contributed by atoms with Gasteiger partial charge >= 0.3 is 0 Å². The minimum absolute atomic E-state index is 0. The van der Waals surface area contributed by atoms with Crippen LogP contribution >= 0.6 is 24.0 Å². The predicted molar refractivity (Wildman–Crippen MR) is 158 cm³/mol. The molecule has 0 fully saturated rings. The number of methoxy groups -OCH3 is 2. The molecule has 1 heterocycles. The molecule has 6 nitrogen and oxygen atoms in total. The topological polar surface area (TPSA) is 72.5 Å². The average molecular weight is 550 g/mol. The van der Waals surface area contributed by atoms with Gasteiger partial charge in [-0.2, -0.15) is 0 Å². The number of pyridine rings is 1. The van der Waals surface area contributed by atoms with Gasteiger partial charge in [-0.05, 0) is 85.4 Å². The summed E-state index contributed by atoms with van der Waals surface area (Å²) in [5, 5.41) is 8.17. The summed E-state index contributed by atoms with van der Waals surface area (Å²) in [4.78, 5) is 17.6. The van der Waals surface area contributed by atoms with Crippen LogP contribution in [0.5, 0.6) is 11.5 Å². The Balaban J connectivity index is 0.00000336. The Bertz CT molecular complexity index is 1500. The third-order valence-corrected chi connectivity index (χ3v) is 6.69. The van der Waals surface area contributed by atoms with Crippen molar-refractivity contribution in [3.63, 3.8) is 0 Å². The zero-order valence-electron chi connectivity index (χ0n) is 21.2. The molecule has 0 atom stereocenters. The summed E-state index contributed by atoms with van der Waals surface area (Å²) in [6.07, 6.45) is 7.40. The molecule has 4 aromatic rings. The monoisotopic (exact) mass is 549 g/mol. The Morgan fingerprint density at radius 2 is 1.74 bits per heavy atom. The zero-order chi connectivity index (χ0) is 25.8. The first-order chi connectivity index (χ1) is 18.0. The highest BCUT2D eigenvalue weighted by molar-refractivity contribution is 6.30. The van der Waals surface area contributed by atoms with Crippen LogP contribution < -0.4 is 20.1 Å². The molecule has 0 radical (unpaired) electrons. The van der Waals surface area contributed by atoms with E-state index in [9.17, 15) is 4.79 Å². The van der Waals surface area contributed by atoms with E-state index in [4.69, 9.17) is 26.1 Å². The number of carbonyl (C=O) groups excluding carboxylic acids is 1. The Morgan fingerprint density at radius 3 is 2.53 bits per heavy atom. The van der Waals surface area contributed by atoms with Gasteiger partial charge in [-0.15, -0.1) is 12.4 Å². The molecule has 0 unspecified atom stereocenters.